The lowest BCUT2D eigenvalue weighted by Gasteiger charge is -2.00. The quantitative estimate of drug-likeness (QED) is 0.522. The van der Waals surface area contributed by atoms with Crippen LogP contribution < -0.4 is 21.3 Å². The maximum absolute atomic E-state index is 11.6. The molecule has 0 atom stereocenters. The minimum Gasteiger partial charge on any atom is -0.466 e. The number of amides is 1. The Hall–Kier alpha value is -2.91. The molecule has 0 saturated carbocycles. The van der Waals surface area contributed by atoms with Crippen LogP contribution in [0.25, 0.3) is 0 Å². The number of nitrogens with zero attached hydrogens (tertiary/aromatic N) is 2. The number of carbonyl (C=O) groups is 1. The zero-order valence-electron chi connectivity index (χ0n) is 9.81. The highest BCUT2D eigenvalue weighted by Crippen LogP contribution is 2.04. The molecule has 100 valence electrons. The fourth-order valence-corrected chi connectivity index (χ4v) is 1.36. The molecule has 0 unspecified atom stereocenters. The van der Waals surface area contributed by atoms with Gasteiger partial charge in [-0.2, -0.15) is 4.98 Å². The van der Waals surface area contributed by atoms with Gasteiger partial charge in [-0.3, -0.25) is 19.9 Å². The first-order valence-corrected chi connectivity index (χ1v) is 5.15. The number of H-pyrrole nitrogens is 3. The maximum atomic E-state index is 11.6. The minimum atomic E-state index is -0.670. The zero-order chi connectivity index (χ0) is 13.8. The third kappa shape index (κ3) is 3.28. The van der Waals surface area contributed by atoms with E-state index in [1.165, 1.54) is 7.11 Å². The number of carbonyl (C=O) groups excluding carboxylic acids is 1. The first-order valence-electron chi connectivity index (χ1n) is 5.15. The molecule has 10 heteroatoms. The smallest absolute Gasteiger partial charge is 0.336 e. The second kappa shape index (κ2) is 5.16. The molecule has 2 aromatic heterocycles. The summed E-state index contributed by atoms with van der Waals surface area (Å²) in [6.07, 6.45) is -0.178. The van der Waals surface area contributed by atoms with E-state index in [1.807, 2.05) is 4.98 Å². The molecule has 0 radical (unpaired) electrons. The molecule has 0 aromatic carbocycles. The minimum absolute atomic E-state index is 0.0832. The van der Waals surface area contributed by atoms with Gasteiger partial charge in [0.1, 0.15) is 0 Å². The predicted molar refractivity (Wildman–Crippen MR) is 63.0 cm³/mol. The van der Waals surface area contributed by atoms with Gasteiger partial charge in [-0.1, -0.05) is 0 Å². The van der Waals surface area contributed by atoms with Crippen molar-refractivity contribution in [3.05, 3.63) is 32.6 Å². The second-order valence-electron chi connectivity index (χ2n) is 3.51. The molecule has 2 aromatic rings. The number of aromatic amines is 3. The van der Waals surface area contributed by atoms with Gasteiger partial charge in [0.15, 0.2) is 0 Å². The summed E-state index contributed by atoms with van der Waals surface area (Å²) in [5.41, 5.74) is -1.05. The van der Waals surface area contributed by atoms with Crippen molar-refractivity contribution in [1.29, 1.82) is 0 Å². The lowest BCUT2D eigenvalue weighted by molar-refractivity contribution is -0.115. The topological polar surface area (TPSA) is 146 Å². The van der Waals surface area contributed by atoms with E-state index in [0.29, 0.717) is 0 Å². The summed E-state index contributed by atoms with van der Waals surface area (Å²) in [5.74, 6) is -0.367. The Labute approximate surface area is 105 Å². The highest BCUT2D eigenvalue weighted by atomic mass is 16.5. The van der Waals surface area contributed by atoms with Crippen molar-refractivity contribution in [2.45, 2.75) is 6.42 Å². The van der Waals surface area contributed by atoms with Crippen molar-refractivity contribution in [1.82, 2.24) is 25.1 Å². The van der Waals surface area contributed by atoms with Crippen LogP contribution in [-0.4, -0.2) is 38.2 Å². The summed E-state index contributed by atoms with van der Waals surface area (Å²) >= 11 is 0. The SMILES string of the molecule is COc1n[nH]c(NC(=O)Cc2cc(=O)[nH]c(=O)[nH]2)n1. The molecule has 0 aliphatic rings. The van der Waals surface area contributed by atoms with Crippen molar-refractivity contribution in [3.63, 3.8) is 0 Å². The Balaban J connectivity index is 2.04. The predicted octanol–water partition coefficient (Wildman–Crippen LogP) is -1.63. The second-order valence-corrected chi connectivity index (χ2v) is 3.51. The van der Waals surface area contributed by atoms with Gasteiger partial charge in [0, 0.05) is 11.8 Å². The van der Waals surface area contributed by atoms with Crippen molar-refractivity contribution in [2.24, 2.45) is 0 Å². The molecular formula is C9H10N6O4. The summed E-state index contributed by atoms with van der Waals surface area (Å²) < 4.78 is 4.73. The molecule has 2 rings (SSSR count). The lowest BCUT2D eigenvalue weighted by Crippen LogP contribution is -2.25. The van der Waals surface area contributed by atoms with E-state index in [4.69, 9.17) is 4.74 Å². The van der Waals surface area contributed by atoms with Crippen LogP contribution in [0, 0.1) is 0 Å². The summed E-state index contributed by atoms with van der Waals surface area (Å²) in [6.45, 7) is 0. The Bertz CT molecular complexity index is 671. The molecule has 0 saturated heterocycles. The monoisotopic (exact) mass is 266 g/mol. The van der Waals surface area contributed by atoms with Crippen molar-refractivity contribution >= 4 is 11.9 Å². The van der Waals surface area contributed by atoms with Crippen molar-refractivity contribution in [3.8, 4) is 6.01 Å². The van der Waals surface area contributed by atoms with E-state index in [0.717, 1.165) is 6.07 Å². The highest BCUT2D eigenvalue weighted by molar-refractivity contribution is 5.90. The van der Waals surface area contributed by atoms with Gasteiger partial charge >= 0.3 is 11.7 Å². The molecule has 2 heterocycles. The largest absolute Gasteiger partial charge is 0.466 e. The number of nitrogens with one attached hydrogen (secondary N) is 4. The van der Waals surface area contributed by atoms with Gasteiger partial charge < -0.3 is 9.72 Å². The normalized spacial score (nSPS) is 10.2. The number of methoxy groups -OCH3 is 1. The van der Waals surface area contributed by atoms with E-state index in [-0.39, 0.29) is 24.1 Å². The average Bonchev–Trinajstić information content (AvgIpc) is 2.74. The van der Waals surface area contributed by atoms with E-state index >= 15 is 0 Å². The fraction of sp³-hybridized carbons (Fsp3) is 0.222. The molecule has 0 fully saturated rings. The maximum Gasteiger partial charge on any atom is 0.336 e. The summed E-state index contributed by atoms with van der Waals surface area (Å²) in [4.78, 5) is 41.8. The standard InChI is InChI=1S/C9H10N6O4/c1-19-9-13-7(14-15-9)11-5(16)2-4-3-6(17)12-8(18)10-4/h3H,2H2,1H3,(H2,10,12,17,18)(H2,11,13,14,15,16). The van der Waals surface area contributed by atoms with Gasteiger partial charge in [0.05, 0.1) is 13.5 Å². The summed E-state index contributed by atoms with van der Waals surface area (Å²) in [5, 5.41) is 8.48. The van der Waals surface area contributed by atoms with Crippen LogP contribution >= 0.6 is 0 Å². The number of rotatable bonds is 4. The van der Waals surface area contributed by atoms with E-state index in [2.05, 4.69) is 25.5 Å². The molecule has 1 amide bonds. The molecule has 10 nitrogen and oxygen atoms in total. The van der Waals surface area contributed by atoms with Crippen LogP contribution in [0.1, 0.15) is 5.69 Å². The number of anilines is 1. The molecule has 0 aliphatic carbocycles. The lowest BCUT2D eigenvalue weighted by atomic mass is 10.3. The third-order valence-corrected chi connectivity index (χ3v) is 2.07. The molecule has 0 bridgehead atoms. The third-order valence-electron chi connectivity index (χ3n) is 2.07. The Morgan fingerprint density at radius 1 is 1.42 bits per heavy atom. The summed E-state index contributed by atoms with van der Waals surface area (Å²) in [7, 11) is 1.38. The fourth-order valence-electron chi connectivity index (χ4n) is 1.36. The number of ether oxygens (including phenoxy) is 1. The van der Waals surface area contributed by atoms with Crippen LogP contribution in [0.2, 0.25) is 0 Å². The van der Waals surface area contributed by atoms with E-state index in [9.17, 15) is 14.4 Å². The Kier molecular flexibility index (Phi) is 3.41. The van der Waals surface area contributed by atoms with Crippen molar-refractivity contribution in [2.75, 3.05) is 12.4 Å². The molecule has 4 N–H and O–H groups in total. The summed E-state index contributed by atoms with van der Waals surface area (Å²) in [6, 6.07) is 1.21. The average molecular weight is 266 g/mol. The van der Waals surface area contributed by atoms with E-state index < -0.39 is 17.2 Å². The number of aromatic nitrogens is 5. The highest BCUT2D eigenvalue weighted by Gasteiger charge is 2.09. The molecular weight excluding hydrogens is 256 g/mol. The Morgan fingerprint density at radius 2 is 2.21 bits per heavy atom. The van der Waals surface area contributed by atoms with Gasteiger partial charge in [-0.25, -0.2) is 9.89 Å². The van der Waals surface area contributed by atoms with E-state index in [1.54, 1.807) is 0 Å². The zero-order valence-corrected chi connectivity index (χ0v) is 9.81. The van der Waals surface area contributed by atoms with Gasteiger partial charge in [-0.05, 0) is 0 Å². The van der Waals surface area contributed by atoms with Crippen LogP contribution in [0.15, 0.2) is 15.7 Å². The van der Waals surface area contributed by atoms with Gasteiger partial charge in [0.25, 0.3) is 5.56 Å². The van der Waals surface area contributed by atoms with Crippen molar-refractivity contribution < 1.29 is 9.53 Å². The van der Waals surface area contributed by atoms with Gasteiger partial charge in [0.2, 0.25) is 11.9 Å². The van der Waals surface area contributed by atoms with Crippen LogP contribution in [0.5, 0.6) is 6.01 Å². The van der Waals surface area contributed by atoms with Crippen LogP contribution in [0.4, 0.5) is 5.95 Å². The first kappa shape index (κ1) is 12.5. The van der Waals surface area contributed by atoms with Gasteiger partial charge in [-0.15, -0.1) is 5.10 Å². The Morgan fingerprint density at radius 3 is 2.84 bits per heavy atom. The number of hydrogen-bond acceptors (Lipinski definition) is 6. The van der Waals surface area contributed by atoms with Crippen LogP contribution in [0.3, 0.4) is 0 Å². The number of hydrogen-bond donors (Lipinski definition) is 4. The van der Waals surface area contributed by atoms with Crippen LogP contribution in [-0.2, 0) is 11.2 Å². The molecule has 19 heavy (non-hydrogen) atoms. The first-order chi connectivity index (χ1) is 9.06. The molecule has 0 aliphatic heterocycles. The molecule has 0 spiro atoms.